The first-order valence-corrected chi connectivity index (χ1v) is 12.8. The first-order chi connectivity index (χ1) is 13.9. The molecule has 1 nitrogen and oxygen atoms in total. The Morgan fingerprint density at radius 1 is 0.571 bits per heavy atom. The van der Waals surface area contributed by atoms with Crippen molar-refractivity contribution in [3.63, 3.8) is 0 Å². The Balaban J connectivity index is 1.98. The highest BCUT2D eigenvalue weighted by atomic mass is 14.9. The second kappa shape index (κ2) is 19.5. The molecule has 0 aliphatic carbocycles. The van der Waals surface area contributed by atoms with E-state index >= 15 is 0 Å². The van der Waals surface area contributed by atoms with Crippen LogP contribution in [0.2, 0.25) is 0 Å². The van der Waals surface area contributed by atoms with Gasteiger partial charge < -0.3 is 0 Å². The van der Waals surface area contributed by atoms with Gasteiger partial charge in [-0.3, -0.25) is 0 Å². The van der Waals surface area contributed by atoms with Crippen molar-refractivity contribution in [3.05, 3.63) is 30.1 Å². The summed E-state index contributed by atoms with van der Waals surface area (Å²) in [4.78, 5) is 0. The van der Waals surface area contributed by atoms with E-state index in [2.05, 4.69) is 42.9 Å². The molecule has 0 saturated carbocycles. The zero-order valence-electron chi connectivity index (χ0n) is 19.4. The normalized spacial score (nSPS) is 11.2. The lowest BCUT2D eigenvalue weighted by Gasteiger charge is -2.04. The lowest BCUT2D eigenvalue weighted by Crippen LogP contribution is -2.33. The van der Waals surface area contributed by atoms with Crippen LogP contribution in [-0.4, -0.2) is 0 Å². The number of pyridine rings is 1. The number of hydrogen-bond donors (Lipinski definition) is 0. The maximum atomic E-state index is 2.42. The third-order valence-corrected chi connectivity index (χ3v) is 6.01. The van der Waals surface area contributed by atoms with Crippen LogP contribution in [0, 0.1) is 0 Å². The highest BCUT2D eigenvalue weighted by molar-refractivity contribution is 5.05. The van der Waals surface area contributed by atoms with Crippen LogP contribution >= 0.6 is 0 Å². The van der Waals surface area contributed by atoms with Crippen LogP contribution in [0.5, 0.6) is 0 Å². The van der Waals surface area contributed by atoms with Crippen LogP contribution in [0.15, 0.2) is 24.5 Å². The Hall–Kier alpha value is -0.850. The van der Waals surface area contributed by atoms with Crippen molar-refractivity contribution in [2.24, 2.45) is 0 Å². The third-order valence-electron chi connectivity index (χ3n) is 6.01. The van der Waals surface area contributed by atoms with Crippen LogP contribution in [-0.2, 0) is 13.0 Å². The molecule has 162 valence electrons. The van der Waals surface area contributed by atoms with Crippen molar-refractivity contribution in [2.75, 3.05) is 0 Å². The SMILES string of the molecule is CCCCCCCCCCCCCc1ccc[n+](CCCCCCCCC)c1. The van der Waals surface area contributed by atoms with Gasteiger partial charge in [-0.05, 0) is 25.3 Å². The Morgan fingerprint density at radius 3 is 1.57 bits per heavy atom. The van der Waals surface area contributed by atoms with Crippen molar-refractivity contribution in [1.29, 1.82) is 0 Å². The molecular weight excluding hydrogens is 338 g/mol. The molecule has 1 heterocycles. The van der Waals surface area contributed by atoms with Gasteiger partial charge in [0, 0.05) is 18.1 Å². The predicted octanol–water partition coefficient (Wildman–Crippen LogP) is 8.58. The Kier molecular flexibility index (Phi) is 17.5. The minimum atomic E-state index is 1.19. The van der Waals surface area contributed by atoms with Gasteiger partial charge in [0.2, 0.25) is 0 Å². The van der Waals surface area contributed by atoms with Crippen molar-refractivity contribution >= 4 is 0 Å². The molecule has 0 aliphatic heterocycles. The number of hydrogen-bond acceptors (Lipinski definition) is 0. The van der Waals surface area contributed by atoms with E-state index in [4.69, 9.17) is 0 Å². The molecule has 1 aromatic heterocycles. The molecule has 0 atom stereocenters. The molecule has 0 radical (unpaired) electrons. The van der Waals surface area contributed by atoms with Gasteiger partial charge in [-0.2, -0.15) is 0 Å². The summed E-state index contributed by atoms with van der Waals surface area (Å²) in [6, 6.07) is 4.56. The molecule has 1 aromatic rings. The van der Waals surface area contributed by atoms with E-state index in [1.165, 1.54) is 134 Å². The molecule has 0 saturated heterocycles. The summed E-state index contributed by atoms with van der Waals surface area (Å²) in [5, 5.41) is 0. The molecular formula is C27H50N+. The fourth-order valence-electron chi connectivity index (χ4n) is 4.11. The van der Waals surface area contributed by atoms with Crippen LogP contribution in [0.1, 0.15) is 135 Å². The van der Waals surface area contributed by atoms with Crippen molar-refractivity contribution in [2.45, 2.75) is 142 Å². The van der Waals surface area contributed by atoms with E-state index in [-0.39, 0.29) is 0 Å². The fourth-order valence-corrected chi connectivity index (χ4v) is 4.11. The highest BCUT2D eigenvalue weighted by Crippen LogP contribution is 2.12. The molecule has 0 unspecified atom stereocenters. The monoisotopic (exact) mass is 388 g/mol. The van der Waals surface area contributed by atoms with Gasteiger partial charge in [0.1, 0.15) is 6.54 Å². The van der Waals surface area contributed by atoms with Gasteiger partial charge in [0.05, 0.1) is 0 Å². The number of aryl methyl sites for hydroxylation is 2. The molecule has 1 heteroatoms. The lowest BCUT2D eigenvalue weighted by atomic mass is 10.0. The largest absolute Gasteiger partial charge is 0.205 e. The van der Waals surface area contributed by atoms with Crippen LogP contribution < -0.4 is 4.57 Å². The molecule has 0 aliphatic rings. The first kappa shape index (κ1) is 25.2. The molecule has 0 aromatic carbocycles. The van der Waals surface area contributed by atoms with Gasteiger partial charge >= 0.3 is 0 Å². The minimum absolute atomic E-state index is 1.19. The van der Waals surface area contributed by atoms with Gasteiger partial charge in [-0.25, -0.2) is 4.57 Å². The second-order valence-electron chi connectivity index (χ2n) is 8.86. The zero-order valence-corrected chi connectivity index (χ0v) is 19.4. The van der Waals surface area contributed by atoms with Gasteiger partial charge in [0.15, 0.2) is 12.4 Å². The highest BCUT2D eigenvalue weighted by Gasteiger charge is 2.03. The van der Waals surface area contributed by atoms with Crippen LogP contribution in [0.25, 0.3) is 0 Å². The predicted molar refractivity (Wildman–Crippen MR) is 125 cm³/mol. The number of rotatable bonds is 20. The van der Waals surface area contributed by atoms with E-state index < -0.39 is 0 Å². The van der Waals surface area contributed by atoms with E-state index in [9.17, 15) is 0 Å². The average molecular weight is 389 g/mol. The van der Waals surface area contributed by atoms with Crippen LogP contribution in [0.4, 0.5) is 0 Å². The smallest absolute Gasteiger partial charge is 0.171 e. The fraction of sp³-hybridized carbons (Fsp3) is 0.815. The Morgan fingerprint density at radius 2 is 1.04 bits per heavy atom. The zero-order chi connectivity index (χ0) is 20.1. The van der Waals surface area contributed by atoms with Gasteiger partial charge in [0.25, 0.3) is 0 Å². The summed E-state index contributed by atoms with van der Waals surface area (Å²) in [6.45, 7) is 5.78. The summed E-state index contributed by atoms with van der Waals surface area (Å²) in [5.41, 5.74) is 1.53. The number of nitrogens with zero attached hydrogens (tertiary/aromatic N) is 1. The minimum Gasteiger partial charge on any atom is -0.205 e. The van der Waals surface area contributed by atoms with Crippen LogP contribution in [0.3, 0.4) is 0 Å². The third kappa shape index (κ3) is 15.1. The molecule has 0 amide bonds. The molecule has 0 N–H and O–H groups in total. The summed E-state index contributed by atoms with van der Waals surface area (Å²) in [5.74, 6) is 0. The number of unbranched alkanes of at least 4 members (excludes halogenated alkanes) is 16. The average Bonchev–Trinajstić information content (AvgIpc) is 2.72. The Bertz CT molecular complexity index is 440. The lowest BCUT2D eigenvalue weighted by molar-refractivity contribution is -0.697. The van der Waals surface area contributed by atoms with E-state index in [0.717, 1.165) is 0 Å². The first-order valence-electron chi connectivity index (χ1n) is 12.8. The van der Waals surface area contributed by atoms with Gasteiger partial charge in [-0.1, -0.05) is 110 Å². The van der Waals surface area contributed by atoms with E-state index in [0.29, 0.717) is 0 Å². The van der Waals surface area contributed by atoms with E-state index in [1.54, 1.807) is 0 Å². The molecule has 1 rings (SSSR count). The quantitative estimate of drug-likeness (QED) is 0.155. The topological polar surface area (TPSA) is 3.88 Å². The van der Waals surface area contributed by atoms with Crippen molar-refractivity contribution in [3.8, 4) is 0 Å². The summed E-state index contributed by atoms with van der Waals surface area (Å²) < 4.78 is 2.42. The maximum absolute atomic E-state index is 2.42. The van der Waals surface area contributed by atoms with Crippen molar-refractivity contribution in [1.82, 2.24) is 0 Å². The number of aromatic nitrogens is 1. The summed E-state index contributed by atoms with van der Waals surface area (Å²) >= 11 is 0. The Labute approximate surface area is 177 Å². The molecule has 0 spiro atoms. The summed E-state index contributed by atoms with van der Waals surface area (Å²) in [6.07, 6.45) is 31.4. The van der Waals surface area contributed by atoms with E-state index in [1.807, 2.05) is 0 Å². The molecule has 28 heavy (non-hydrogen) atoms. The van der Waals surface area contributed by atoms with Gasteiger partial charge in [-0.15, -0.1) is 0 Å². The standard InChI is InChI=1S/C27H50N/c1-3-5-7-9-11-12-13-14-15-17-19-22-27-23-21-25-28(26-27)24-20-18-16-10-8-6-4-2/h21,23,25-26H,3-20,22,24H2,1-2H3/q+1. The molecule has 0 fully saturated rings. The molecule has 0 bridgehead atoms. The van der Waals surface area contributed by atoms with Crippen molar-refractivity contribution < 1.29 is 4.57 Å². The maximum Gasteiger partial charge on any atom is 0.171 e. The summed E-state index contributed by atoms with van der Waals surface area (Å²) in [7, 11) is 0. The second-order valence-corrected chi connectivity index (χ2v) is 8.86.